The molecule has 0 amide bonds. The number of piperazine rings is 1. The van der Waals surface area contributed by atoms with Crippen LogP contribution in [0.15, 0.2) is 18.2 Å². The third-order valence-corrected chi connectivity index (χ3v) is 3.37. The van der Waals surface area contributed by atoms with Gasteiger partial charge in [-0.15, -0.1) is 24.8 Å². The fourth-order valence-electron chi connectivity index (χ4n) is 2.37. The molecule has 0 radical (unpaired) electrons. The van der Waals surface area contributed by atoms with Crippen LogP contribution in [0.4, 0.5) is 4.39 Å². The molecule has 0 bridgehead atoms. The highest BCUT2D eigenvalue weighted by molar-refractivity contribution is 5.85. The van der Waals surface area contributed by atoms with Crippen LogP contribution in [0.2, 0.25) is 0 Å². The molecular weight excluding hydrogens is 314 g/mol. The fraction of sp³-hybridized carbons (Fsp3) is 0.429. The van der Waals surface area contributed by atoms with E-state index in [2.05, 4.69) is 16.3 Å². The second kappa shape index (κ2) is 9.55. The van der Waals surface area contributed by atoms with E-state index in [0.29, 0.717) is 6.42 Å². The van der Waals surface area contributed by atoms with Crippen molar-refractivity contribution in [3.05, 3.63) is 35.1 Å². The van der Waals surface area contributed by atoms with Crippen molar-refractivity contribution in [3.63, 3.8) is 0 Å². The van der Waals surface area contributed by atoms with Crippen molar-refractivity contribution < 1.29 is 4.39 Å². The number of nitrogens with one attached hydrogen (secondary N) is 1. The first-order chi connectivity index (χ1) is 9.26. The number of hydrogen-bond acceptors (Lipinski definition) is 4. The van der Waals surface area contributed by atoms with Gasteiger partial charge >= 0.3 is 0 Å². The second-order valence-electron chi connectivity index (χ2n) is 4.52. The number of nitriles is 2. The van der Waals surface area contributed by atoms with E-state index in [1.807, 2.05) is 6.07 Å². The summed E-state index contributed by atoms with van der Waals surface area (Å²) in [5.74, 6) is -0.512. The number of halogens is 3. The summed E-state index contributed by atoms with van der Waals surface area (Å²) in [4.78, 5) is 2.20. The summed E-state index contributed by atoms with van der Waals surface area (Å²) < 4.78 is 13.4. The van der Waals surface area contributed by atoms with Gasteiger partial charge in [0.1, 0.15) is 11.9 Å². The van der Waals surface area contributed by atoms with Gasteiger partial charge in [0.25, 0.3) is 0 Å². The molecule has 0 unspecified atom stereocenters. The molecule has 114 valence electrons. The second-order valence-corrected chi connectivity index (χ2v) is 4.52. The quantitative estimate of drug-likeness (QED) is 0.924. The summed E-state index contributed by atoms with van der Waals surface area (Å²) in [5.41, 5.74) is 0.872. The molecule has 21 heavy (non-hydrogen) atoms. The number of hydrogen-bond donors (Lipinski definition) is 1. The van der Waals surface area contributed by atoms with Crippen molar-refractivity contribution in [2.75, 3.05) is 26.2 Å². The fourth-order valence-corrected chi connectivity index (χ4v) is 2.37. The molecule has 4 nitrogen and oxygen atoms in total. The molecule has 1 aliphatic heterocycles. The number of nitrogens with zero attached hydrogens (tertiary/aromatic N) is 3. The smallest absolute Gasteiger partial charge is 0.140 e. The van der Waals surface area contributed by atoms with E-state index in [1.54, 1.807) is 12.1 Å². The molecule has 1 saturated heterocycles. The van der Waals surface area contributed by atoms with Crippen molar-refractivity contribution in [2.45, 2.75) is 12.5 Å². The SMILES string of the molecule is Cl.Cl.N#CC[C@H](c1ccc(F)c(C#N)c1)N1CCNCC1. The van der Waals surface area contributed by atoms with Gasteiger partial charge in [-0.25, -0.2) is 4.39 Å². The lowest BCUT2D eigenvalue weighted by Gasteiger charge is -2.34. The van der Waals surface area contributed by atoms with Crippen LogP contribution in [0.25, 0.3) is 0 Å². The van der Waals surface area contributed by atoms with Gasteiger partial charge in [-0.1, -0.05) is 6.07 Å². The molecule has 1 aromatic carbocycles. The van der Waals surface area contributed by atoms with Crippen LogP contribution in [0.3, 0.4) is 0 Å². The van der Waals surface area contributed by atoms with Crippen molar-refractivity contribution in [3.8, 4) is 12.1 Å². The van der Waals surface area contributed by atoms with Crippen LogP contribution in [0.1, 0.15) is 23.6 Å². The van der Waals surface area contributed by atoms with Gasteiger partial charge in [0.05, 0.1) is 18.1 Å². The first-order valence-corrected chi connectivity index (χ1v) is 6.27. The molecule has 0 saturated carbocycles. The molecule has 1 aromatic rings. The van der Waals surface area contributed by atoms with Crippen LogP contribution in [0, 0.1) is 28.5 Å². The molecule has 1 fully saturated rings. The minimum atomic E-state index is -0.512. The molecule has 0 aromatic heterocycles. The Bertz CT molecular complexity index is 533. The summed E-state index contributed by atoms with van der Waals surface area (Å²) in [6.45, 7) is 3.47. The third-order valence-electron chi connectivity index (χ3n) is 3.37. The van der Waals surface area contributed by atoms with Gasteiger partial charge in [-0.2, -0.15) is 10.5 Å². The number of benzene rings is 1. The minimum absolute atomic E-state index is 0. The number of rotatable bonds is 3. The highest BCUT2D eigenvalue weighted by atomic mass is 35.5. The summed E-state index contributed by atoms with van der Waals surface area (Å²) in [5, 5.41) is 21.1. The van der Waals surface area contributed by atoms with Gasteiger partial charge in [0.15, 0.2) is 0 Å². The Kier molecular flexibility index (Phi) is 8.92. The van der Waals surface area contributed by atoms with Crippen molar-refractivity contribution in [1.82, 2.24) is 10.2 Å². The van der Waals surface area contributed by atoms with Gasteiger partial charge in [-0.05, 0) is 17.7 Å². The van der Waals surface area contributed by atoms with E-state index in [1.165, 1.54) is 6.07 Å². The zero-order valence-corrected chi connectivity index (χ0v) is 13.0. The Morgan fingerprint density at radius 3 is 2.48 bits per heavy atom. The molecule has 1 heterocycles. The molecule has 1 atom stereocenters. The highest BCUT2D eigenvalue weighted by Crippen LogP contribution is 2.25. The standard InChI is InChI=1S/C14H15FN4.2ClH/c15-13-2-1-11(9-12(13)10-17)14(3-4-16)19-7-5-18-6-8-19;;/h1-2,9,14,18H,3,5-8H2;2*1H/t14-;;/m1../s1. The third kappa shape index (κ3) is 4.84. The zero-order valence-electron chi connectivity index (χ0n) is 11.4. The summed E-state index contributed by atoms with van der Waals surface area (Å²) >= 11 is 0. The topological polar surface area (TPSA) is 62.9 Å². The van der Waals surface area contributed by atoms with Gasteiger partial charge < -0.3 is 5.32 Å². The predicted octanol–water partition coefficient (Wildman–Crippen LogP) is 2.40. The van der Waals surface area contributed by atoms with Crippen molar-refractivity contribution >= 4 is 24.8 Å². The van der Waals surface area contributed by atoms with Crippen LogP contribution in [-0.2, 0) is 0 Å². The lowest BCUT2D eigenvalue weighted by atomic mass is 9.99. The van der Waals surface area contributed by atoms with Crippen LogP contribution < -0.4 is 5.32 Å². The Hall–Kier alpha value is -1.37. The van der Waals surface area contributed by atoms with E-state index in [0.717, 1.165) is 31.7 Å². The summed E-state index contributed by atoms with van der Waals surface area (Å²) in [6, 6.07) is 8.48. The molecular formula is C14H17Cl2FN4. The maximum Gasteiger partial charge on any atom is 0.140 e. The maximum atomic E-state index is 13.4. The molecule has 1 N–H and O–H groups in total. The lowest BCUT2D eigenvalue weighted by Crippen LogP contribution is -2.45. The first kappa shape index (κ1) is 19.6. The lowest BCUT2D eigenvalue weighted by molar-refractivity contribution is 0.175. The average molecular weight is 331 g/mol. The largest absolute Gasteiger partial charge is 0.314 e. The first-order valence-electron chi connectivity index (χ1n) is 6.27. The van der Waals surface area contributed by atoms with E-state index >= 15 is 0 Å². The zero-order chi connectivity index (χ0) is 13.7. The van der Waals surface area contributed by atoms with E-state index in [-0.39, 0.29) is 36.4 Å². The van der Waals surface area contributed by atoms with E-state index in [9.17, 15) is 4.39 Å². The van der Waals surface area contributed by atoms with Gasteiger partial charge in [0.2, 0.25) is 0 Å². The predicted molar refractivity (Wildman–Crippen MR) is 83.0 cm³/mol. The minimum Gasteiger partial charge on any atom is -0.314 e. The molecule has 7 heteroatoms. The van der Waals surface area contributed by atoms with Crippen LogP contribution in [-0.4, -0.2) is 31.1 Å². The van der Waals surface area contributed by atoms with E-state index in [4.69, 9.17) is 10.5 Å². The molecule has 1 aliphatic rings. The van der Waals surface area contributed by atoms with Crippen molar-refractivity contribution in [1.29, 1.82) is 10.5 Å². The van der Waals surface area contributed by atoms with E-state index < -0.39 is 5.82 Å². The van der Waals surface area contributed by atoms with Crippen LogP contribution in [0.5, 0.6) is 0 Å². The molecule has 0 spiro atoms. The monoisotopic (exact) mass is 330 g/mol. The molecule has 0 aliphatic carbocycles. The Labute approximate surface area is 136 Å². The van der Waals surface area contributed by atoms with Crippen molar-refractivity contribution in [2.24, 2.45) is 0 Å². The average Bonchev–Trinajstić information content (AvgIpc) is 2.46. The van der Waals surface area contributed by atoms with Gasteiger partial charge in [0, 0.05) is 32.2 Å². The summed E-state index contributed by atoms with van der Waals surface area (Å²) in [6.07, 6.45) is 0.344. The maximum absolute atomic E-state index is 13.4. The summed E-state index contributed by atoms with van der Waals surface area (Å²) in [7, 11) is 0. The highest BCUT2D eigenvalue weighted by Gasteiger charge is 2.22. The molecule has 2 rings (SSSR count). The normalized spacial score (nSPS) is 15.8. The Morgan fingerprint density at radius 2 is 1.90 bits per heavy atom. The Morgan fingerprint density at radius 1 is 1.24 bits per heavy atom. The Balaban J connectivity index is 0.00000200. The van der Waals surface area contributed by atoms with Gasteiger partial charge in [-0.3, -0.25) is 4.90 Å². The van der Waals surface area contributed by atoms with Crippen LogP contribution >= 0.6 is 24.8 Å².